The second-order valence-electron chi connectivity index (χ2n) is 8.22. The molecule has 9 nitrogen and oxygen atoms in total. The van der Waals surface area contributed by atoms with Crippen molar-refractivity contribution in [3.05, 3.63) is 91.4 Å². The highest BCUT2D eigenvalue weighted by molar-refractivity contribution is 7.14. The van der Waals surface area contributed by atoms with Gasteiger partial charge in [0.1, 0.15) is 0 Å². The third-order valence-electron chi connectivity index (χ3n) is 5.78. The zero-order valence-electron chi connectivity index (χ0n) is 20.7. The maximum absolute atomic E-state index is 13.4. The smallest absolute Gasteiger partial charge is 0.369 e. The number of benzene rings is 2. The molecule has 0 spiro atoms. The monoisotopic (exact) mass is 532 g/mol. The van der Waals surface area contributed by atoms with E-state index in [0.717, 1.165) is 34.0 Å². The number of carbonyl (C=O) groups is 1. The summed E-state index contributed by atoms with van der Waals surface area (Å²) in [6.07, 6.45) is 0. The predicted molar refractivity (Wildman–Crippen MR) is 144 cm³/mol. The van der Waals surface area contributed by atoms with E-state index in [9.17, 15) is 9.59 Å². The minimum absolute atomic E-state index is 0.153. The van der Waals surface area contributed by atoms with Gasteiger partial charge in [-0.25, -0.2) is 19.1 Å². The molecule has 0 atom stereocenters. The molecule has 5 rings (SSSR count). The van der Waals surface area contributed by atoms with Crippen molar-refractivity contribution in [2.45, 2.75) is 20.8 Å². The van der Waals surface area contributed by atoms with Crippen LogP contribution in [0.5, 0.6) is 0 Å². The molecule has 3 aromatic heterocycles. The van der Waals surface area contributed by atoms with Gasteiger partial charge < -0.3 is 4.74 Å². The number of nitrogens with zero attached hydrogens (tertiary/aromatic N) is 6. The van der Waals surface area contributed by atoms with Crippen LogP contribution in [0.3, 0.4) is 0 Å². The molecule has 37 heavy (non-hydrogen) atoms. The Kier molecular flexibility index (Phi) is 6.72. The minimum atomic E-state index is -0.504. The fraction of sp³-hybridized carbons (Fsp3) is 0.192. The number of rotatable bonds is 6. The molecule has 0 radical (unpaired) electrons. The van der Waals surface area contributed by atoms with Gasteiger partial charge in [-0.1, -0.05) is 47.2 Å². The molecule has 188 valence electrons. The quantitative estimate of drug-likeness (QED) is 0.299. The molecule has 0 aliphatic heterocycles. The zero-order valence-corrected chi connectivity index (χ0v) is 22.3. The molecular formula is C26H24N6O3S2. The highest BCUT2D eigenvalue weighted by atomic mass is 32.1. The zero-order chi connectivity index (χ0) is 26.1. The van der Waals surface area contributed by atoms with Gasteiger partial charge in [-0.2, -0.15) is 4.99 Å². The lowest BCUT2D eigenvalue weighted by Crippen LogP contribution is -2.20. The van der Waals surface area contributed by atoms with Crippen LogP contribution in [-0.4, -0.2) is 36.7 Å². The highest BCUT2D eigenvalue weighted by Crippen LogP contribution is 2.27. The van der Waals surface area contributed by atoms with Crippen LogP contribution in [0.1, 0.15) is 28.0 Å². The van der Waals surface area contributed by atoms with Gasteiger partial charge in [-0.05, 0) is 45.0 Å². The molecule has 2 aromatic carbocycles. The van der Waals surface area contributed by atoms with Gasteiger partial charge in [0.05, 0.1) is 29.2 Å². The largest absolute Gasteiger partial charge is 0.461 e. The molecule has 0 saturated carbocycles. The number of esters is 1. The van der Waals surface area contributed by atoms with Crippen molar-refractivity contribution in [1.82, 2.24) is 24.1 Å². The number of thiazole rings is 1. The SMILES string of the molecule is CCOC(=O)c1nn(-c2ccc(C)cc2)/c(=N/c2nc(-c3c(C)n(C)n(-c4ccccc4)c3=O)cs2)s1. The summed E-state index contributed by atoms with van der Waals surface area (Å²) < 4.78 is 10.2. The van der Waals surface area contributed by atoms with Gasteiger partial charge in [0, 0.05) is 18.1 Å². The van der Waals surface area contributed by atoms with E-state index in [1.165, 1.54) is 11.3 Å². The van der Waals surface area contributed by atoms with Crippen LogP contribution in [0, 0.1) is 13.8 Å². The van der Waals surface area contributed by atoms with Gasteiger partial charge in [0.25, 0.3) is 5.56 Å². The number of para-hydroxylation sites is 1. The number of aryl methyl sites for hydroxylation is 1. The summed E-state index contributed by atoms with van der Waals surface area (Å²) in [5.41, 5.74) is 4.36. The average molecular weight is 533 g/mol. The Morgan fingerprint density at radius 2 is 1.78 bits per heavy atom. The van der Waals surface area contributed by atoms with Gasteiger partial charge in [-0.3, -0.25) is 9.48 Å². The first-order valence-electron chi connectivity index (χ1n) is 11.6. The van der Waals surface area contributed by atoms with Crippen LogP contribution < -0.4 is 10.4 Å². The first kappa shape index (κ1) is 24.6. The third kappa shape index (κ3) is 4.70. The fourth-order valence-corrected chi connectivity index (χ4v) is 5.40. The molecule has 0 bridgehead atoms. The Balaban J connectivity index is 1.59. The molecule has 0 N–H and O–H groups in total. The van der Waals surface area contributed by atoms with Crippen LogP contribution in [0.2, 0.25) is 0 Å². The first-order valence-corrected chi connectivity index (χ1v) is 13.3. The lowest BCUT2D eigenvalue weighted by Gasteiger charge is -2.07. The molecule has 0 fully saturated rings. The second kappa shape index (κ2) is 10.1. The van der Waals surface area contributed by atoms with Gasteiger partial charge >= 0.3 is 5.97 Å². The number of hydrogen-bond donors (Lipinski definition) is 0. The van der Waals surface area contributed by atoms with Crippen LogP contribution in [0.25, 0.3) is 22.6 Å². The van der Waals surface area contributed by atoms with E-state index in [-0.39, 0.29) is 17.2 Å². The second-order valence-corrected chi connectivity index (χ2v) is 10.0. The topological polar surface area (TPSA) is 96.3 Å². The van der Waals surface area contributed by atoms with E-state index in [4.69, 9.17) is 9.73 Å². The van der Waals surface area contributed by atoms with Gasteiger partial charge in [0.2, 0.25) is 14.9 Å². The number of ether oxygens (including phenoxy) is 1. The molecule has 0 saturated heterocycles. The first-order chi connectivity index (χ1) is 17.9. The van der Waals surface area contributed by atoms with E-state index >= 15 is 0 Å². The van der Waals surface area contributed by atoms with E-state index in [0.29, 0.717) is 21.2 Å². The maximum atomic E-state index is 13.4. The number of aromatic nitrogens is 5. The van der Waals surface area contributed by atoms with Crippen molar-refractivity contribution in [2.75, 3.05) is 6.61 Å². The average Bonchev–Trinajstić information content (AvgIpc) is 3.58. The maximum Gasteiger partial charge on any atom is 0.369 e. The number of carbonyl (C=O) groups excluding carboxylic acids is 1. The summed E-state index contributed by atoms with van der Waals surface area (Å²) in [5.74, 6) is -0.504. The molecule has 11 heteroatoms. The molecule has 5 aromatic rings. The molecular weight excluding hydrogens is 508 g/mol. The van der Waals surface area contributed by atoms with Gasteiger partial charge in [-0.15, -0.1) is 16.4 Å². The van der Waals surface area contributed by atoms with Crippen molar-refractivity contribution >= 4 is 33.8 Å². The van der Waals surface area contributed by atoms with Crippen molar-refractivity contribution in [2.24, 2.45) is 12.0 Å². The van der Waals surface area contributed by atoms with Crippen LogP contribution in [0.4, 0.5) is 5.13 Å². The Morgan fingerprint density at radius 3 is 2.49 bits per heavy atom. The van der Waals surface area contributed by atoms with Crippen LogP contribution in [0.15, 0.2) is 69.8 Å². The van der Waals surface area contributed by atoms with E-state index < -0.39 is 5.97 Å². The normalized spacial score (nSPS) is 11.7. The minimum Gasteiger partial charge on any atom is -0.461 e. The van der Waals surface area contributed by atoms with Crippen LogP contribution in [-0.2, 0) is 11.8 Å². The fourth-order valence-electron chi connectivity index (χ4n) is 3.86. The summed E-state index contributed by atoms with van der Waals surface area (Å²) in [6.45, 7) is 5.90. The molecule has 0 amide bonds. The molecule has 0 aliphatic carbocycles. The molecule has 3 heterocycles. The highest BCUT2D eigenvalue weighted by Gasteiger charge is 2.20. The Hall–Kier alpha value is -4.09. The van der Waals surface area contributed by atoms with Gasteiger partial charge in [0.15, 0.2) is 0 Å². The summed E-state index contributed by atoms with van der Waals surface area (Å²) >= 11 is 2.44. The molecule has 0 unspecified atom stereocenters. The summed E-state index contributed by atoms with van der Waals surface area (Å²) in [5, 5.41) is 6.92. The van der Waals surface area contributed by atoms with Crippen molar-refractivity contribution in [3.63, 3.8) is 0 Å². The van der Waals surface area contributed by atoms with E-state index in [1.54, 1.807) is 16.3 Å². The third-order valence-corrected chi connectivity index (χ3v) is 7.41. The van der Waals surface area contributed by atoms with Crippen molar-refractivity contribution in [1.29, 1.82) is 0 Å². The molecule has 0 aliphatic rings. The Labute approximate surface area is 220 Å². The van der Waals surface area contributed by atoms with E-state index in [2.05, 4.69) is 10.1 Å². The van der Waals surface area contributed by atoms with Crippen LogP contribution >= 0.6 is 22.7 Å². The van der Waals surface area contributed by atoms with Crippen molar-refractivity contribution < 1.29 is 9.53 Å². The lowest BCUT2D eigenvalue weighted by molar-refractivity contribution is 0.0524. The summed E-state index contributed by atoms with van der Waals surface area (Å²) in [7, 11) is 1.85. The lowest BCUT2D eigenvalue weighted by atomic mass is 10.2. The standard InChI is InChI=1S/C26H24N6O3S2/c1-5-35-24(34)22-29-31(18-13-11-16(2)12-14-18)26(37-22)28-25-27-20(15-36-25)21-17(3)30(4)32(23(21)33)19-9-7-6-8-10-19/h6-15H,5H2,1-4H3/b28-26-. The Morgan fingerprint density at radius 1 is 1.05 bits per heavy atom. The Bertz CT molecular complexity index is 1710. The van der Waals surface area contributed by atoms with E-state index in [1.807, 2.05) is 85.6 Å². The van der Waals surface area contributed by atoms with Crippen molar-refractivity contribution in [3.8, 4) is 22.6 Å². The summed E-state index contributed by atoms with van der Waals surface area (Å²) in [4.78, 5) is 35.6. The number of hydrogen-bond acceptors (Lipinski definition) is 8. The predicted octanol–water partition coefficient (Wildman–Crippen LogP) is 4.57. The summed E-state index contributed by atoms with van der Waals surface area (Å²) in [6, 6.07) is 17.2.